The molecule has 0 N–H and O–H groups in total. The molecule has 2 atom stereocenters. The monoisotopic (exact) mass is 199 g/mol. The highest BCUT2D eigenvalue weighted by atomic mass is 16.7. The Morgan fingerprint density at radius 1 is 1.50 bits per heavy atom. The minimum Gasteiger partial charge on any atom is -0.383 e. The van der Waals surface area contributed by atoms with Gasteiger partial charge in [-0.25, -0.2) is 0 Å². The van der Waals surface area contributed by atoms with Gasteiger partial charge in [0, 0.05) is 33.8 Å². The number of methoxy groups -OCH3 is 1. The van der Waals surface area contributed by atoms with Gasteiger partial charge in [-0.05, 0) is 12.5 Å². The number of carbonyl (C=O) groups is 1. The Hall–Kier alpha value is -0.870. The molecule has 0 spiro atoms. The number of ether oxygens (including phenoxy) is 2. The SMILES string of the molecule is COC1CCC(C(=O)/C=C/N(C)C)O1. The molecule has 80 valence electrons. The summed E-state index contributed by atoms with van der Waals surface area (Å²) in [5.41, 5.74) is 0. The van der Waals surface area contributed by atoms with E-state index in [1.807, 2.05) is 19.0 Å². The summed E-state index contributed by atoms with van der Waals surface area (Å²) in [6, 6.07) is 0. The van der Waals surface area contributed by atoms with Gasteiger partial charge in [-0.1, -0.05) is 0 Å². The summed E-state index contributed by atoms with van der Waals surface area (Å²) in [6.07, 6.45) is 4.28. The molecular formula is C10H17NO3. The fourth-order valence-corrected chi connectivity index (χ4v) is 1.32. The Kier molecular flexibility index (Phi) is 4.10. The number of nitrogens with zero attached hydrogens (tertiary/aromatic N) is 1. The molecule has 0 saturated carbocycles. The van der Waals surface area contributed by atoms with E-state index in [0.717, 1.165) is 12.8 Å². The summed E-state index contributed by atoms with van der Waals surface area (Å²) in [4.78, 5) is 13.3. The highest BCUT2D eigenvalue weighted by Gasteiger charge is 2.28. The summed E-state index contributed by atoms with van der Waals surface area (Å²) in [5, 5.41) is 0. The van der Waals surface area contributed by atoms with E-state index in [4.69, 9.17) is 9.47 Å². The minimum absolute atomic E-state index is 0.0123. The van der Waals surface area contributed by atoms with Crippen LogP contribution in [0.15, 0.2) is 12.3 Å². The van der Waals surface area contributed by atoms with E-state index in [9.17, 15) is 4.79 Å². The fourth-order valence-electron chi connectivity index (χ4n) is 1.32. The third-order valence-electron chi connectivity index (χ3n) is 2.10. The molecule has 0 amide bonds. The second-order valence-corrected chi connectivity index (χ2v) is 3.55. The first-order chi connectivity index (χ1) is 6.63. The van der Waals surface area contributed by atoms with Crippen molar-refractivity contribution >= 4 is 5.78 Å². The van der Waals surface area contributed by atoms with Gasteiger partial charge in [-0.2, -0.15) is 0 Å². The Labute approximate surface area is 84.5 Å². The van der Waals surface area contributed by atoms with Gasteiger partial charge >= 0.3 is 0 Å². The largest absolute Gasteiger partial charge is 0.383 e. The van der Waals surface area contributed by atoms with Gasteiger partial charge in [0.15, 0.2) is 12.1 Å². The molecule has 1 rings (SSSR count). The Balaban J connectivity index is 2.39. The van der Waals surface area contributed by atoms with Crippen molar-refractivity contribution in [1.82, 2.24) is 4.90 Å². The molecule has 1 saturated heterocycles. The molecule has 4 heteroatoms. The van der Waals surface area contributed by atoms with E-state index in [0.29, 0.717) is 0 Å². The summed E-state index contributed by atoms with van der Waals surface area (Å²) in [6.45, 7) is 0. The van der Waals surface area contributed by atoms with E-state index >= 15 is 0 Å². The third-order valence-corrected chi connectivity index (χ3v) is 2.10. The van der Waals surface area contributed by atoms with E-state index in [-0.39, 0.29) is 18.2 Å². The van der Waals surface area contributed by atoms with E-state index in [1.165, 1.54) is 0 Å². The number of hydrogen-bond acceptors (Lipinski definition) is 4. The molecule has 2 unspecified atom stereocenters. The predicted octanol–water partition coefficient (Wildman–Crippen LogP) is 0.782. The summed E-state index contributed by atoms with van der Waals surface area (Å²) in [7, 11) is 5.33. The predicted molar refractivity (Wildman–Crippen MR) is 52.7 cm³/mol. The molecule has 1 aliphatic rings. The zero-order valence-electron chi connectivity index (χ0n) is 8.90. The van der Waals surface area contributed by atoms with Crippen LogP contribution in [-0.2, 0) is 14.3 Å². The van der Waals surface area contributed by atoms with Gasteiger partial charge in [0.1, 0.15) is 6.10 Å². The Morgan fingerprint density at radius 3 is 2.71 bits per heavy atom. The van der Waals surface area contributed by atoms with Crippen LogP contribution in [0.25, 0.3) is 0 Å². The van der Waals surface area contributed by atoms with Crippen LogP contribution in [0.3, 0.4) is 0 Å². The van der Waals surface area contributed by atoms with Gasteiger partial charge in [-0.3, -0.25) is 4.79 Å². The zero-order valence-corrected chi connectivity index (χ0v) is 8.90. The quantitative estimate of drug-likeness (QED) is 0.627. The van der Waals surface area contributed by atoms with Gasteiger partial charge in [0.05, 0.1) is 0 Å². The number of carbonyl (C=O) groups excluding carboxylic acids is 1. The van der Waals surface area contributed by atoms with Crippen LogP contribution in [-0.4, -0.2) is 44.3 Å². The summed E-state index contributed by atoms with van der Waals surface area (Å²) in [5.74, 6) is 0.0123. The molecule has 0 aromatic rings. The molecule has 0 bridgehead atoms. The number of hydrogen-bond donors (Lipinski definition) is 0. The number of ketones is 1. The van der Waals surface area contributed by atoms with Crippen LogP contribution < -0.4 is 0 Å². The van der Waals surface area contributed by atoms with Crippen molar-refractivity contribution in [1.29, 1.82) is 0 Å². The first kappa shape index (κ1) is 11.2. The lowest BCUT2D eigenvalue weighted by atomic mass is 10.1. The van der Waals surface area contributed by atoms with Crippen molar-refractivity contribution < 1.29 is 14.3 Å². The van der Waals surface area contributed by atoms with Crippen LogP contribution in [0.2, 0.25) is 0 Å². The van der Waals surface area contributed by atoms with Crippen LogP contribution in [0.5, 0.6) is 0 Å². The molecule has 14 heavy (non-hydrogen) atoms. The zero-order chi connectivity index (χ0) is 10.6. The van der Waals surface area contributed by atoms with E-state index < -0.39 is 0 Å². The summed E-state index contributed by atoms with van der Waals surface area (Å²) >= 11 is 0. The van der Waals surface area contributed by atoms with Crippen LogP contribution in [0, 0.1) is 0 Å². The highest BCUT2D eigenvalue weighted by Crippen LogP contribution is 2.20. The Morgan fingerprint density at radius 2 is 2.21 bits per heavy atom. The molecule has 1 heterocycles. The molecule has 0 aromatic carbocycles. The third kappa shape index (κ3) is 3.12. The van der Waals surface area contributed by atoms with Gasteiger partial charge in [0.2, 0.25) is 0 Å². The normalized spacial score (nSPS) is 27.1. The lowest BCUT2D eigenvalue weighted by Crippen LogP contribution is -2.20. The first-order valence-electron chi connectivity index (χ1n) is 4.70. The Bertz CT molecular complexity index is 225. The maximum absolute atomic E-state index is 11.5. The van der Waals surface area contributed by atoms with Gasteiger partial charge in [-0.15, -0.1) is 0 Å². The second-order valence-electron chi connectivity index (χ2n) is 3.55. The number of rotatable bonds is 4. The van der Waals surface area contributed by atoms with Gasteiger partial charge < -0.3 is 14.4 Å². The standard InChI is InChI=1S/C10H17NO3/c1-11(2)7-6-8(12)9-4-5-10(13-3)14-9/h6-7,9-10H,4-5H2,1-3H3/b7-6+. The van der Waals surface area contributed by atoms with Crippen molar-refractivity contribution in [2.45, 2.75) is 25.2 Å². The molecule has 1 fully saturated rings. The lowest BCUT2D eigenvalue weighted by molar-refractivity contribution is -0.142. The van der Waals surface area contributed by atoms with Crippen molar-refractivity contribution in [2.24, 2.45) is 0 Å². The van der Waals surface area contributed by atoms with Crippen molar-refractivity contribution in [3.05, 3.63) is 12.3 Å². The molecule has 4 nitrogen and oxygen atoms in total. The second kappa shape index (κ2) is 5.12. The van der Waals surface area contributed by atoms with Crippen LogP contribution >= 0.6 is 0 Å². The maximum atomic E-state index is 11.5. The maximum Gasteiger partial charge on any atom is 0.185 e. The van der Waals surface area contributed by atoms with Crippen molar-refractivity contribution in [3.8, 4) is 0 Å². The van der Waals surface area contributed by atoms with Crippen molar-refractivity contribution in [3.63, 3.8) is 0 Å². The molecule has 0 radical (unpaired) electrons. The van der Waals surface area contributed by atoms with Crippen LogP contribution in [0.1, 0.15) is 12.8 Å². The minimum atomic E-state index is -0.323. The summed E-state index contributed by atoms with van der Waals surface area (Å²) < 4.78 is 10.4. The topological polar surface area (TPSA) is 38.8 Å². The first-order valence-corrected chi connectivity index (χ1v) is 4.70. The lowest BCUT2D eigenvalue weighted by Gasteiger charge is -2.09. The molecular weight excluding hydrogens is 182 g/mol. The molecule has 0 aromatic heterocycles. The van der Waals surface area contributed by atoms with Crippen LogP contribution in [0.4, 0.5) is 0 Å². The van der Waals surface area contributed by atoms with E-state index in [1.54, 1.807) is 19.4 Å². The van der Waals surface area contributed by atoms with Crippen molar-refractivity contribution in [2.75, 3.05) is 21.2 Å². The van der Waals surface area contributed by atoms with Gasteiger partial charge in [0.25, 0.3) is 0 Å². The average molecular weight is 199 g/mol. The smallest absolute Gasteiger partial charge is 0.185 e. The molecule has 0 aliphatic carbocycles. The van der Waals surface area contributed by atoms with E-state index in [2.05, 4.69) is 0 Å². The highest BCUT2D eigenvalue weighted by molar-refractivity contribution is 5.93. The molecule has 1 aliphatic heterocycles. The fraction of sp³-hybridized carbons (Fsp3) is 0.700. The average Bonchev–Trinajstić information content (AvgIpc) is 2.62.